The van der Waals surface area contributed by atoms with Crippen molar-refractivity contribution in [2.24, 2.45) is 5.73 Å². The molecule has 0 amide bonds. The highest BCUT2D eigenvalue weighted by atomic mass is 19.1. The van der Waals surface area contributed by atoms with E-state index in [1.165, 1.54) is 12.1 Å². The van der Waals surface area contributed by atoms with Crippen molar-refractivity contribution in [2.75, 3.05) is 19.8 Å². The second kappa shape index (κ2) is 6.14. The number of ether oxygens (including phenoxy) is 2. The zero-order chi connectivity index (χ0) is 14.7. The van der Waals surface area contributed by atoms with E-state index < -0.39 is 0 Å². The van der Waals surface area contributed by atoms with E-state index in [1.54, 1.807) is 12.1 Å². The Balaban J connectivity index is 1.81. The van der Waals surface area contributed by atoms with Gasteiger partial charge in [-0.2, -0.15) is 0 Å². The highest BCUT2D eigenvalue weighted by Crippen LogP contribution is 2.33. The van der Waals surface area contributed by atoms with Crippen molar-refractivity contribution < 1.29 is 13.9 Å². The molecule has 0 aliphatic carbocycles. The molecule has 1 aliphatic heterocycles. The number of fused-ring (bicyclic) bond motifs is 1. The minimum atomic E-state index is -0.220. The predicted molar refractivity (Wildman–Crippen MR) is 79.3 cm³/mol. The van der Waals surface area contributed by atoms with Gasteiger partial charge in [0.1, 0.15) is 19.0 Å². The molecule has 1 unspecified atom stereocenters. The average molecular weight is 287 g/mol. The van der Waals surface area contributed by atoms with E-state index >= 15 is 0 Å². The third-order valence-electron chi connectivity index (χ3n) is 3.72. The van der Waals surface area contributed by atoms with Gasteiger partial charge in [0.05, 0.1) is 0 Å². The van der Waals surface area contributed by atoms with Crippen LogP contribution >= 0.6 is 0 Å². The van der Waals surface area contributed by atoms with Crippen molar-refractivity contribution in [2.45, 2.75) is 12.3 Å². The molecule has 0 aromatic heterocycles. The lowest BCUT2D eigenvalue weighted by Gasteiger charge is -2.21. The Labute approximate surface area is 123 Å². The van der Waals surface area contributed by atoms with Crippen LogP contribution in [0.2, 0.25) is 0 Å². The third kappa shape index (κ3) is 3.16. The van der Waals surface area contributed by atoms with Gasteiger partial charge in [-0.15, -0.1) is 0 Å². The Kier molecular flexibility index (Phi) is 4.06. The smallest absolute Gasteiger partial charge is 0.161 e. The maximum atomic E-state index is 13.0. The first-order chi connectivity index (χ1) is 10.3. The van der Waals surface area contributed by atoms with E-state index in [0.717, 1.165) is 29.0 Å². The number of hydrogen-bond donors (Lipinski definition) is 1. The summed E-state index contributed by atoms with van der Waals surface area (Å²) in [5, 5.41) is 0. The van der Waals surface area contributed by atoms with Gasteiger partial charge in [0.15, 0.2) is 11.5 Å². The molecule has 0 bridgehead atoms. The maximum Gasteiger partial charge on any atom is 0.161 e. The SMILES string of the molecule is NCC(Cc1ccc(F)cc1)c1ccc2c(c1)OCCO2. The molecular formula is C17H18FNO2. The quantitative estimate of drug-likeness (QED) is 0.940. The fourth-order valence-corrected chi connectivity index (χ4v) is 2.56. The maximum absolute atomic E-state index is 13.0. The molecule has 2 aromatic carbocycles. The largest absolute Gasteiger partial charge is 0.486 e. The van der Waals surface area contributed by atoms with Crippen LogP contribution < -0.4 is 15.2 Å². The fraction of sp³-hybridized carbons (Fsp3) is 0.294. The van der Waals surface area contributed by atoms with Crippen LogP contribution in [0.5, 0.6) is 11.5 Å². The first-order valence-electron chi connectivity index (χ1n) is 7.10. The molecule has 3 rings (SSSR count). The van der Waals surface area contributed by atoms with Gasteiger partial charge in [0, 0.05) is 5.92 Å². The molecule has 21 heavy (non-hydrogen) atoms. The zero-order valence-electron chi connectivity index (χ0n) is 11.7. The Bertz CT molecular complexity index is 613. The first kappa shape index (κ1) is 13.9. The molecule has 0 fully saturated rings. The summed E-state index contributed by atoms with van der Waals surface area (Å²) >= 11 is 0. The van der Waals surface area contributed by atoms with Gasteiger partial charge >= 0.3 is 0 Å². The molecule has 0 spiro atoms. The number of hydrogen-bond acceptors (Lipinski definition) is 3. The van der Waals surface area contributed by atoms with E-state index in [4.69, 9.17) is 15.2 Å². The van der Waals surface area contributed by atoms with Crippen molar-refractivity contribution in [3.63, 3.8) is 0 Å². The van der Waals surface area contributed by atoms with Gasteiger partial charge in [-0.25, -0.2) is 4.39 Å². The fourth-order valence-electron chi connectivity index (χ4n) is 2.56. The van der Waals surface area contributed by atoms with Crippen LogP contribution in [0.15, 0.2) is 42.5 Å². The molecule has 4 heteroatoms. The summed E-state index contributed by atoms with van der Waals surface area (Å²) in [6.07, 6.45) is 0.774. The zero-order valence-corrected chi connectivity index (χ0v) is 11.7. The minimum absolute atomic E-state index is 0.172. The van der Waals surface area contributed by atoms with Gasteiger partial charge in [-0.1, -0.05) is 18.2 Å². The van der Waals surface area contributed by atoms with Crippen LogP contribution in [0, 0.1) is 5.82 Å². The molecule has 0 saturated heterocycles. The van der Waals surface area contributed by atoms with E-state index in [0.29, 0.717) is 19.8 Å². The van der Waals surface area contributed by atoms with Gasteiger partial charge in [0.25, 0.3) is 0 Å². The summed E-state index contributed by atoms with van der Waals surface area (Å²) in [5.74, 6) is 1.51. The average Bonchev–Trinajstić information content (AvgIpc) is 2.54. The van der Waals surface area contributed by atoms with Gasteiger partial charge in [-0.3, -0.25) is 0 Å². The summed E-state index contributed by atoms with van der Waals surface area (Å²) < 4.78 is 24.1. The van der Waals surface area contributed by atoms with Crippen LogP contribution in [-0.4, -0.2) is 19.8 Å². The number of nitrogens with two attached hydrogens (primary N) is 1. The van der Waals surface area contributed by atoms with Gasteiger partial charge in [-0.05, 0) is 48.4 Å². The second-order valence-electron chi connectivity index (χ2n) is 5.17. The van der Waals surface area contributed by atoms with E-state index in [-0.39, 0.29) is 11.7 Å². The lowest BCUT2D eigenvalue weighted by molar-refractivity contribution is 0.171. The molecule has 1 heterocycles. The summed E-state index contributed by atoms with van der Waals surface area (Å²) in [6.45, 7) is 1.68. The molecule has 2 N–H and O–H groups in total. The Morgan fingerprint density at radius 3 is 2.43 bits per heavy atom. The molecule has 1 atom stereocenters. The highest BCUT2D eigenvalue weighted by Gasteiger charge is 2.16. The van der Waals surface area contributed by atoms with Crippen molar-refractivity contribution >= 4 is 0 Å². The monoisotopic (exact) mass is 287 g/mol. The molecule has 3 nitrogen and oxygen atoms in total. The Morgan fingerprint density at radius 1 is 1.00 bits per heavy atom. The second-order valence-corrected chi connectivity index (χ2v) is 5.17. The number of halogens is 1. The van der Waals surface area contributed by atoms with Crippen molar-refractivity contribution in [3.8, 4) is 11.5 Å². The molecule has 110 valence electrons. The Hall–Kier alpha value is -2.07. The Morgan fingerprint density at radius 2 is 1.71 bits per heavy atom. The van der Waals surface area contributed by atoms with Crippen molar-refractivity contribution in [1.29, 1.82) is 0 Å². The van der Waals surface area contributed by atoms with E-state index in [1.807, 2.05) is 18.2 Å². The highest BCUT2D eigenvalue weighted by molar-refractivity contribution is 5.45. The lowest BCUT2D eigenvalue weighted by Crippen LogP contribution is -2.18. The predicted octanol–water partition coefficient (Wildman–Crippen LogP) is 2.88. The van der Waals surface area contributed by atoms with Crippen LogP contribution in [0.1, 0.15) is 17.0 Å². The standard InChI is InChI=1S/C17H18FNO2/c18-15-4-1-12(2-5-15)9-14(11-19)13-3-6-16-17(10-13)21-8-7-20-16/h1-6,10,14H,7-9,11,19H2. The van der Waals surface area contributed by atoms with E-state index in [2.05, 4.69) is 0 Å². The third-order valence-corrected chi connectivity index (χ3v) is 3.72. The number of benzene rings is 2. The minimum Gasteiger partial charge on any atom is -0.486 e. The number of rotatable bonds is 4. The first-order valence-corrected chi connectivity index (χ1v) is 7.10. The van der Waals surface area contributed by atoms with Crippen molar-refractivity contribution in [1.82, 2.24) is 0 Å². The van der Waals surface area contributed by atoms with Crippen LogP contribution in [0.3, 0.4) is 0 Å². The molecule has 0 radical (unpaired) electrons. The molecule has 1 aliphatic rings. The summed E-state index contributed by atoms with van der Waals surface area (Å²) in [5.41, 5.74) is 8.10. The summed E-state index contributed by atoms with van der Waals surface area (Å²) in [7, 11) is 0. The molecule has 2 aromatic rings. The van der Waals surface area contributed by atoms with Crippen LogP contribution in [-0.2, 0) is 6.42 Å². The summed E-state index contributed by atoms with van der Waals surface area (Å²) in [4.78, 5) is 0. The lowest BCUT2D eigenvalue weighted by atomic mass is 9.92. The van der Waals surface area contributed by atoms with Crippen molar-refractivity contribution in [3.05, 3.63) is 59.4 Å². The van der Waals surface area contributed by atoms with Crippen LogP contribution in [0.4, 0.5) is 4.39 Å². The topological polar surface area (TPSA) is 44.5 Å². The van der Waals surface area contributed by atoms with Crippen LogP contribution in [0.25, 0.3) is 0 Å². The normalized spacial score (nSPS) is 14.8. The van der Waals surface area contributed by atoms with E-state index in [9.17, 15) is 4.39 Å². The summed E-state index contributed by atoms with van der Waals surface area (Å²) in [6, 6.07) is 12.5. The van der Waals surface area contributed by atoms with Gasteiger partial charge in [0.2, 0.25) is 0 Å². The molecular weight excluding hydrogens is 269 g/mol. The molecule has 0 saturated carbocycles. The van der Waals surface area contributed by atoms with Gasteiger partial charge < -0.3 is 15.2 Å².